The SMILES string of the molecule is CSc1ccc(-c2ccnc(CC(=O)O)n2)cc1. The third-order valence-corrected chi connectivity index (χ3v) is 3.14. The number of aliphatic carboxylic acids is 1. The Morgan fingerprint density at radius 2 is 2.00 bits per heavy atom. The van der Waals surface area contributed by atoms with Crippen LogP contribution in [-0.4, -0.2) is 27.3 Å². The fourth-order valence-electron chi connectivity index (χ4n) is 1.54. The number of carboxylic acid groups (broad SMARTS) is 1. The number of carbonyl (C=O) groups is 1. The second-order valence-electron chi connectivity index (χ2n) is 3.66. The number of nitrogens with zero attached hydrogens (tertiary/aromatic N) is 2. The van der Waals surface area contributed by atoms with Crippen LogP contribution < -0.4 is 0 Å². The molecule has 1 aromatic carbocycles. The molecule has 0 aliphatic carbocycles. The Labute approximate surface area is 109 Å². The number of thioether (sulfide) groups is 1. The van der Waals surface area contributed by atoms with Gasteiger partial charge in [-0.2, -0.15) is 0 Å². The summed E-state index contributed by atoms with van der Waals surface area (Å²) < 4.78 is 0. The van der Waals surface area contributed by atoms with Gasteiger partial charge in [-0.05, 0) is 24.5 Å². The maximum atomic E-state index is 10.6. The van der Waals surface area contributed by atoms with Gasteiger partial charge in [0.1, 0.15) is 12.2 Å². The van der Waals surface area contributed by atoms with Crippen molar-refractivity contribution < 1.29 is 9.90 Å². The van der Waals surface area contributed by atoms with Gasteiger partial charge in [-0.1, -0.05) is 12.1 Å². The molecule has 0 aliphatic rings. The number of hydrogen-bond donors (Lipinski definition) is 1. The first-order valence-corrected chi connectivity index (χ1v) is 6.59. The zero-order chi connectivity index (χ0) is 13.0. The van der Waals surface area contributed by atoms with Gasteiger partial charge in [-0.25, -0.2) is 9.97 Å². The van der Waals surface area contributed by atoms with Crippen molar-refractivity contribution in [1.82, 2.24) is 9.97 Å². The summed E-state index contributed by atoms with van der Waals surface area (Å²) in [6.07, 6.45) is 3.45. The van der Waals surface area contributed by atoms with Crippen molar-refractivity contribution in [3.63, 3.8) is 0 Å². The highest BCUT2D eigenvalue weighted by molar-refractivity contribution is 7.98. The molecule has 1 heterocycles. The number of hydrogen-bond acceptors (Lipinski definition) is 4. The lowest BCUT2D eigenvalue weighted by Gasteiger charge is -2.03. The van der Waals surface area contributed by atoms with Gasteiger partial charge in [0, 0.05) is 16.7 Å². The van der Waals surface area contributed by atoms with Gasteiger partial charge in [0.15, 0.2) is 0 Å². The Morgan fingerprint density at radius 3 is 2.61 bits per heavy atom. The molecule has 0 radical (unpaired) electrons. The fraction of sp³-hybridized carbons (Fsp3) is 0.154. The van der Waals surface area contributed by atoms with E-state index in [4.69, 9.17) is 5.11 Å². The monoisotopic (exact) mass is 260 g/mol. The standard InChI is InChI=1S/C13H12N2O2S/c1-18-10-4-2-9(3-5-10)11-6-7-14-12(15-11)8-13(16)17/h2-7H,8H2,1H3,(H,16,17). The predicted molar refractivity (Wildman–Crippen MR) is 70.6 cm³/mol. The second kappa shape index (κ2) is 5.64. The van der Waals surface area contributed by atoms with Gasteiger partial charge in [0.2, 0.25) is 0 Å². The quantitative estimate of drug-likeness (QED) is 0.856. The van der Waals surface area contributed by atoms with Crippen LogP contribution in [0.3, 0.4) is 0 Å². The second-order valence-corrected chi connectivity index (χ2v) is 4.54. The average Bonchev–Trinajstić information content (AvgIpc) is 2.38. The highest BCUT2D eigenvalue weighted by Crippen LogP contribution is 2.21. The van der Waals surface area contributed by atoms with E-state index in [0.717, 1.165) is 11.3 Å². The Bertz CT molecular complexity index is 555. The highest BCUT2D eigenvalue weighted by Gasteiger charge is 2.06. The van der Waals surface area contributed by atoms with Crippen LogP contribution in [0.2, 0.25) is 0 Å². The molecule has 0 fully saturated rings. The van der Waals surface area contributed by atoms with Crippen LogP contribution in [0.4, 0.5) is 0 Å². The predicted octanol–water partition coefficient (Wildman–Crippen LogP) is 2.49. The molecular formula is C13H12N2O2S. The van der Waals surface area contributed by atoms with Gasteiger partial charge in [-0.15, -0.1) is 11.8 Å². The molecular weight excluding hydrogens is 248 g/mol. The number of carboxylic acids is 1. The molecule has 0 amide bonds. The maximum Gasteiger partial charge on any atom is 0.311 e. The molecule has 1 N–H and O–H groups in total. The summed E-state index contributed by atoms with van der Waals surface area (Å²) >= 11 is 1.67. The van der Waals surface area contributed by atoms with Crippen molar-refractivity contribution in [2.45, 2.75) is 11.3 Å². The van der Waals surface area contributed by atoms with Crippen molar-refractivity contribution in [3.8, 4) is 11.3 Å². The smallest absolute Gasteiger partial charge is 0.311 e. The lowest BCUT2D eigenvalue weighted by atomic mass is 10.1. The van der Waals surface area contributed by atoms with E-state index in [1.54, 1.807) is 24.0 Å². The molecule has 0 aliphatic heterocycles. The number of rotatable bonds is 4. The van der Waals surface area contributed by atoms with Gasteiger partial charge in [0.25, 0.3) is 0 Å². The average molecular weight is 260 g/mol. The molecule has 92 valence electrons. The van der Waals surface area contributed by atoms with Crippen LogP contribution in [0.15, 0.2) is 41.4 Å². The third kappa shape index (κ3) is 3.07. The number of aromatic nitrogens is 2. The molecule has 2 aromatic rings. The van der Waals surface area contributed by atoms with Crippen molar-refractivity contribution >= 4 is 17.7 Å². The van der Waals surface area contributed by atoms with Crippen molar-refractivity contribution in [1.29, 1.82) is 0 Å². The molecule has 2 rings (SSSR count). The Morgan fingerprint density at radius 1 is 1.28 bits per heavy atom. The van der Waals surface area contributed by atoms with Crippen molar-refractivity contribution in [3.05, 3.63) is 42.4 Å². The van der Waals surface area contributed by atoms with E-state index in [9.17, 15) is 4.79 Å². The molecule has 0 saturated heterocycles. The third-order valence-electron chi connectivity index (χ3n) is 2.40. The van der Waals surface area contributed by atoms with Crippen LogP contribution in [0.5, 0.6) is 0 Å². The molecule has 4 nitrogen and oxygen atoms in total. The van der Waals surface area contributed by atoms with Gasteiger partial charge in [0.05, 0.1) is 5.69 Å². The summed E-state index contributed by atoms with van der Waals surface area (Å²) in [5.41, 5.74) is 1.70. The van der Waals surface area contributed by atoms with E-state index in [1.807, 2.05) is 30.5 Å². The summed E-state index contributed by atoms with van der Waals surface area (Å²) in [5, 5.41) is 8.71. The van der Waals surface area contributed by atoms with Crippen molar-refractivity contribution in [2.75, 3.05) is 6.26 Å². The summed E-state index contributed by atoms with van der Waals surface area (Å²) in [7, 11) is 0. The lowest BCUT2D eigenvalue weighted by molar-refractivity contribution is -0.136. The molecule has 0 spiro atoms. The van der Waals surface area contributed by atoms with E-state index < -0.39 is 5.97 Å². The Kier molecular flexibility index (Phi) is 3.94. The van der Waals surface area contributed by atoms with Crippen LogP contribution in [0.25, 0.3) is 11.3 Å². The lowest BCUT2D eigenvalue weighted by Crippen LogP contribution is -2.05. The summed E-state index contributed by atoms with van der Waals surface area (Å²) in [5.74, 6) is -0.598. The van der Waals surface area contributed by atoms with E-state index in [0.29, 0.717) is 5.82 Å². The summed E-state index contributed by atoms with van der Waals surface area (Å²) in [6.45, 7) is 0. The normalized spacial score (nSPS) is 10.3. The van der Waals surface area contributed by atoms with Crippen LogP contribution in [0.1, 0.15) is 5.82 Å². The topological polar surface area (TPSA) is 63.1 Å². The van der Waals surface area contributed by atoms with Crippen LogP contribution in [-0.2, 0) is 11.2 Å². The molecule has 1 aromatic heterocycles. The Balaban J connectivity index is 2.29. The fourth-order valence-corrected chi connectivity index (χ4v) is 1.95. The van der Waals surface area contributed by atoms with Gasteiger partial charge < -0.3 is 5.11 Å². The van der Waals surface area contributed by atoms with E-state index in [1.165, 1.54) is 4.90 Å². The van der Waals surface area contributed by atoms with E-state index in [2.05, 4.69) is 9.97 Å². The number of benzene rings is 1. The minimum atomic E-state index is -0.926. The summed E-state index contributed by atoms with van der Waals surface area (Å²) in [6, 6.07) is 9.74. The first kappa shape index (κ1) is 12.6. The first-order valence-electron chi connectivity index (χ1n) is 5.37. The molecule has 0 bridgehead atoms. The van der Waals surface area contributed by atoms with Gasteiger partial charge >= 0.3 is 5.97 Å². The highest BCUT2D eigenvalue weighted by atomic mass is 32.2. The summed E-state index contributed by atoms with van der Waals surface area (Å²) in [4.78, 5) is 20.0. The first-order chi connectivity index (χ1) is 8.69. The Hall–Kier alpha value is -1.88. The maximum absolute atomic E-state index is 10.6. The molecule has 18 heavy (non-hydrogen) atoms. The zero-order valence-corrected chi connectivity index (χ0v) is 10.6. The molecule has 5 heteroatoms. The molecule has 0 unspecified atom stereocenters. The van der Waals surface area contributed by atoms with Crippen molar-refractivity contribution in [2.24, 2.45) is 0 Å². The zero-order valence-electron chi connectivity index (χ0n) is 9.83. The van der Waals surface area contributed by atoms with Crippen LogP contribution >= 0.6 is 11.8 Å². The molecule has 0 atom stereocenters. The van der Waals surface area contributed by atoms with E-state index in [-0.39, 0.29) is 6.42 Å². The largest absolute Gasteiger partial charge is 0.481 e. The van der Waals surface area contributed by atoms with Crippen LogP contribution in [0, 0.1) is 0 Å². The minimum absolute atomic E-state index is 0.156. The molecule has 0 saturated carbocycles. The van der Waals surface area contributed by atoms with Gasteiger partial charge in [-0.3, -0.25) is 4.79 Å². The van der Waals surface area contributed by atoms with E-state index >= 15 is 0 Å². The minimum Gasteiger partial charge on any atom is -0.481 e.